The maximum Gasteiger partial charge on any atom is 0.145 e. The van der Waals surface area contributed by atoms with E-state index in [4.69, 9.17) is 16.3 Å². The van der Waals surface area contributed by atoms with Gasteiger partial charge in [-0.1, -0.05) is 0 Å². The van der Waals surface area contributed by atoms with Crippen LogP contribution in [0.1, 0.15) is 29.8 Å². The highest BCUT2D eigenvalue weighted by atomic mass is 15.0. The number of hydrogen-bond donors (Lipinski definition) is 1. The lowest BCUT2D eigenvalue weighted by atomic mass is 10.1. The zero-order chi connectivity index (χ0) is 10.1. The van der Waals surface area contributed by atoms with Gasteiger partial charge in [0.05, 0.1) is 11.3 Å². The van der Waals surface area contributed by atoms with Crippen LogP contribution in [-0.4, -0.2) is 4.57 Å². The fourth-order valence-electron chi connectivity index (χ4n) is 2.00. The van der Waals surface area contributed by atoms with Crippen molar-refractivity contribution in [3.05, 3.63) is 17.0 Å². The van der Waals surface area contributed by atoms with E-state index in [0.29, 0.717) is 16.9 Å². The summed E-state index contributed by atoms with van der Waals surface area (Å²) in [6, 6.07) is 4.15. The van der Waals surface area contributed by atoms with E-state index in [2.05, 4.69) is 12.1 Å². The summed E-state index contributed by atoms with van der Waals surface area (Å²) in [7, 11) is 0. The smallest absolute Gasteiger partial charge is 0.145 e. The van der Waals surface area contributed by atoms with Crippen molar-refractivity contribution in [1.82, 2.24) is 4.57 Å². The molecular weight excluding hydrogens is 176 g/mol. The summed E-state index contributed by atoms with van der Waals surface area (Å²) >= 11 is 0. The molecule has 1 aromatic heterocycles. The van der Waals surface area contributed by atoms with E-state index < -0.39 is 0 Å². The van der Waals surface area contributed by atoms with Gasteiger partial charge in [0.2, 0.25) is 0 Å². The molecule has 4 heteroatoms. The summed E-state index contributed by atoms with van der Waals surface area (Å²) in [4.78, 5) is 0. The topological polar surface area (TPSA) is 78.5 Å². The van der Waals surface area contributed by atoms with E-state index in [0.717, 1.165) is 31.5 Å². The van der Waals surface area contributed by atoms with E-state index in [1.165, 1.54) is 0 Å². The minimum atomic E-state index is 0.354. The number of anilines is 1. The molecule has 4 nitrogen and oxygen atoms in total. The molecule has 0 unspecified atom stereocenters. The largest absolute Gasteiger partial charge is 0.395 e. The second kappa shape index (κ2) is 3.08. The second-order valence-corrected chi connectivity index (χ2v) is 3.42. The number of rotatable bonds is 0. The molecular formula is C10H10N4. The Kier molecular flexibility index (Phi) is 1.90. The number of nitrogens with two attached hydrogens (primary N) is 1. The molecule has 2 heterocycles. The van der Waals surface area contributed by atoms with Gasteiger partial charge in [-0.3, -0.25) is 0 Å². The van der Waals surface area contributed by atoms with Gasteiger partial charge in [-0.25, -0.2) is 0 Å². The van der Waals surface area contributed by atoms with Crippen LogP contribution in [0.3, 0.4) is 0 Å². The Bertz CT molecular complexity index is 414. The minimum absolute atomic E-state index is 0.354. The van der Waals surface area contributed by atoms with Crippen molar-refractivity contribution < 1.29 is 0 Å². The second-order valence-electron chi connectivity index (χ2n) is 3.42. The van der Waals surface area contributed by atoms with Crippen LogP contribution >= 0.6 is 0 Å². The quantitative estimate of drug-likeness (QED) is 0.660. The molecule has 14 heavy (non-hydrogen) atoms. The molecule has 0 aromatic carbocycles. The Labute approximate surface area is 82.2 Å². The van der Waals surface area contributed by atoms with E-state index in [1.54, 1.807) is 0 Å². The number of nitrogen functional groups attached to an aromatic ring is 1. The zero-order valence-corrected chi connectivity index (χ0v) is 7.75. The number of nitrogens with zero attached hydrogens (tertiary/aromatic N) is 3. The lowest BCUT2D eigenvalue weighted by molar-refractivity contribution is 0.529. The molecule has 1 aliphatic rings. The molecule has 0 amide bonds. The van der Waals surface area contributed by atoms with Gasteiger partial charge >= 0.3 is 0 Å². The highest BCUT2D eigenvalue weighted by Gasteiger charge is 2.22. The molecule has 2 rings (SSSR count). The highest BCUT2D eigenvalue weighted by Crippen LogP contribution is 2.29. The molecule has 70 valence electrons. The Morgan fingerprint density at radius 3 is 2.64 bits per heavy atom. The SMILES string of the molecule is N#Cc1c(N)c(C#N)n2c1CCCC2. The number of hydrogen-bond acceptors (Lipinski definition) is 3. The third-order valence-electron chi connectivity index (χ3n) is 2.67. The first kappa shape index (κ1) is 8.65. The first-order valence-corrected chi connectivity index (χ1v) is 4.60. The normalized spacial score (nSPS) is 14.1. The summed E-state index contributed by atoms with van der Waals surface area (Å²) < 4.78 is 1.89. The molecule has 1 aromatic rings. The highest BCUT2D eigenvalue weighted by molar-refractivity contribution is 5.65. The lowest BCUT2D eigenvalue weighted by Crippen LogP contribution is -2.11. The molecule has 0 fully saturated rings. The molecule has 0 aliphatic carbocycles. The number of aromatic nitrogens is 1. The van der Waals surface area contributed by atoms with E-state index in [9.17, 15) is 0 Å². The van der Waals surface area contributed by atoms with Crippen LogP contribution in [0.2, 0.25) is 0 Å². The van der Waals surface area contributed by atoms with Crippen molar-refractivity contribution in [3.63, 3.8) is 0 Å². The summed E-state index contributed by atoms with van der Waals surface area (Å²) in [6.45, 7) is 0.810. The molecule has 0 saturated heterocycles. The predicted octanol–water partition coefficient (Wildman–Crippen LogP) is 1.15. The van der Waals surface area contributed by atoms with Gasteiger partial charge in [0, 0.05) is 12.2 Å². The van der Waals surface area contributed by atoms with Crippen LogP contribution in [-0.2, 0) is 13.0 Å². The van der Waals surface area contributed by atoms with E-state index in [-0.39, 0.29) is 0 Å². The van der Waals surface area contributed by atoms with Gasteiger partial charge in [0.15, 0.2) is 0 Å². The molecule has 0 bridgehead atoms. The average molecular weight is 186 g/mol. The Morgan fingerprint density at radius 1 is 1.21 bits per heavy atom. The van der Waals surface area contributed by atoms with Crippen LogP contribution in [0.5, 0.6) is 0 Å². The molecule has 0 radical (unpaired) electrons. The van der Waals surface area contributed by atoms with Gasteiger partial charge in [-0.15, -0.1) is 0 Å². The van der Waals surface area contributed by atoms with Crippen LogP contribution < -0.4 is 5.73 Å². The fraction of sp³-hybridized carbons (Fsp3) is 0.400. The molecule has 1 aliphatic heterocycles. The summed E-state index contributed by atoms with van der Waals surface area (Å²) in [5, 5.41) is 17.9. The average Bonchev–Trinajstić information content (AvgIpc) is 2.49. The van der Waals surface area contributed by atoms with Gasteiger partial charge in [0.1, 0.15) is 17.8 Å². The van der Waals surface area contributed by atoms with Crippen LogP contribution in [0.25, 0.3) is 0 Å². The predicted molar refractivity (Wildman–Crippen MR) is 51.2 cm³/mol. The fourth-order valence-corrected chi connectivity index (χ4v) is 2.00. The van der Waals surface area contributed by atoms with Gasteiger partial charge < -0.3 is 10.3 Å². The van der Waals surface area contributed by atoms with Crippen LogP contribution in [0, 0.1) is 22.7 Å². The maximum atomic E-state index is 8.93. The van der Waals surface area contributed by atoms with Gasteiger partial charge in [-0.05, 0) is 19.3 Å². The van der Waals surface area contributed by atoms with Crippen molar-refractivity contribution in [2.24, 2.45) is 0 Å². The van der Waals surface area contributed by atoms with E-state index in [1.807, 2.05) is 4.57 Å². The van der Waals surface area contributed by atoms with Crippen molar-refractivity contribution in [1.29, 1.82) is 10.5 Å². The van der Waals surface area contributed by atoms with Crippen molar-refractivity contribution in [2.45, 2.75) is 25.8 Å². The summed E-state index contributed by atoms with van der Waals surface area (Å²) in [5.41, 5.74) is 7.99. The number of nitriles is 2. The van der Waals surface area contributed by atoms with Crippen LogP contribution in [0.4, 0.5) is 5.69 Å². The van der Waals surface area contributed by atoms with Gasteiger partial charge in [-0.2, -0.15) is 10.5 Å². The standard InChI is InChI=1S/C10H10N4/c11-5-7-8-3-1-2-4-14(8)9(6-12)10(7)13/h1-4,13H2. The van der Waals surface area contributed by atoms with Crippen LogP contribution in [0.15, 0.2) is 0 Å². The Morgan fingerprint density at radius 2 is 2.00 bits per heavy atom. The minimum Gasteiger partial charge on any atom is -0.395 e. The van der Waals surface area contributed by atoms with Crippen molar-refractivity contribution in [3.8, 4) is 12.1 Å². The maximum absolute atomic E-state index is 8.93. The third-order valence-corrected chi connectivity index (χ3v) is 2.67. The lowest BCUT2D eigenvalue weighted by Gasteiger charge is -2.15. The molecule has 0 atom stereocenters. The zero-order valence-electron chi connectivity index (χ0n) is 7.75. The van der Waals surface area contributed by atoms with Crippen molar-refractivity contribution in [2.75, 3.05) is 5.73 Å². The van der Waals surface area contributed by atoms with Crippen molar-refractivity contribution >= 4 is 5.69 Å². The van der Waals surface area contributed by atoms with E-state index >= 15 is 0 Å². The monoisotopic (exact) mass is 186 g/mol. The first-order valence-electron chi connectivity index (χ1n) is 4.60. The third kappa shape index (κ3) is 0.978. The Balaban J connectivity index is 2.71. The summed E-state index contributed by atoms with van der Waals surface area (Å²) in [6.07, 6.45) is 2.98. The summed E-state index contributed by atoms with van der Waals surface area (Å²) in [5.74, 6) is 0. The first-order chi connectivity index (χ1) is 6.79. The number of fused-ring (bicyclic) bond motifs is 1. The molecule has 2 N–H and O–H groups in total. The Hall–Kier alpha value is -1.94. The molecule has 0 saturated carbocycles. The molecule has 0 spiro atoms. The van der Waals surface area contributed by atoms with Gasteiger partial charge in [0.25, 0.3) is 0 Å².